The second-order valence-corrected chi connectivity index (χ2v) is 6.63. The average molecular weight is 457 g/mol. The number of rotatable bonds is 7. The Morgan fingerprint density at radius 2 is 1.97 bits per heavy atom. The molecule has 2 aromatic heterocycles. The Morgan fingerprint density at radius 1 is 1.22 bits per heavy atom. The van der Waals surface area contributed by atoms with Crippen LogP contribution in [-0.4, -0.2) is 33.4 Å². The van der Waals surface area contributed by atoms with Crippen LogP contribution in [0.4, 0.5) is 22.0 Å². The van der Waals surface area contributed by atoms with E-state index in [9.17, 15) is 31.9 Å². The van der Waals surface area contributed by atoms with E-state index in [1.165, 1.54) is 18.2 Å². The molecular formula is C20H16F5N3O4. The van der Waals surface area contributed by atoms with Gasteiger partial charge in [-0.3, -0.25) is 4.79 Å². The number of carbonyl (C=O) groups excluding carboxylic acids is 1. The third kappa shape index (κ3) is 5.19. The third-order valence-corrected chi connectivity index (χ3v) is 4.41. The van der Waals surface area contributed by atoms with Gasteiger partial charge in [-0.2, -0.15) is 13.2 Å². The Balaban J connectivity index is 1.72. The lowest BCUT2D eigenvalue weighted by molar-refractivity contribution is -0.149. The van der Waals surface area contributed by atoms with Gasteiger partial charge in [0.25, 0.3) is 5.91 Å². The highest BCUT2D eigenvalue weighted by Gasteiger charge is 2.37. The molecule has 1 unspecified atom stereocenters. The van der Waals surface area contributed by atoms with Crippen molar-refractivity contribution in [1.82, 2.24) is 15.5 Å². The molecule has 1 atom stereocenters. The first-order valence-electron chi connectivity index (χ1n) is 9.10. The third-order valence-electron chi connectivity index (χ3n) is 4.41. The van der Waals surface area contributed by atoms with Crippen LogP contribution in [0.3, 0.4) is 0 Å². The Hall–Kier alpha value is -3.54. The number of hydrogen-bond acceptors (Lipinski definition) is 6. The maximum atomic E-state index is 13.6. The van der Waals surface area contributed by atoms with E-state index in [1.807, 2.05) is 5.32 Å². The highest BCUT2D eigenvalue weighted by atomic mass is 19.4. The van der Waals surface area contributed by atoms with Crippen molar-refractivity contribution in [3.8, 4) is 17.1 Å². The van der Waals surface area contributed by atoms with Crippen LogP contribution < -0.4 is 10.1 Å². The summed E-state index contributed by atoms with van der Waals surface area (Å²) in [7, 11) is 0. The fourth-order valence-electron chi connectivity index (χ4n) is 2.59. The zero-order chi connectivity index (χ0) is 23.5. The number of alkyl halides is 3. The lowest BCUT2D eigenvalue weighted by Gasteiger charge is -2.17. The number of ether oxygens (including phenoxy) is 1. The quantitative estimate of drug-likeness (QED) is 0.525. The number of aromatic nitrogens is 2. The Labute approximate surface area is 177 Å². The minimum atomic E-state index is -4.58. The molecule has 0 saturated heterocycles. The minimum absolute atomic E-state index is 0.00625. The summed E-state index contributed by atoms with van der Waals surface area (Å²) in [4.78, 5) is 15.8. The summed E-state index contributed by atoms with van der Waals surface area (Å²) < 4.78 is 74.9. The Bertz CT molecular complexity index is 1100. The summed E-state index contributed by atoms with van der Waals surface area (Å²) in [6, 6.07) is 3.54. The summed E-state index contributed by atoms with van der Waals surface area (Å²) in [6.45, 7) is 0.0295. The predicted molar refractivity (Wildman–Crippen MR) is 99.3 cm³/mol. The van der Waals surface area contributed by atoms with Gasteiger partial charge in [0.05, 0.1) is 11.1 Å². The molecule has 0 aliphatic carbocycles. The van der Waals surface area contributed by atoms with Crippen LogP contribution in [0.2, 0.25) is 0 Å². The summed E-state index contributed by atoms with van der Waals surface area (Å²) in [5, 5.41) is 15.0. The lowest BCUT2D eigenvalue weighted by atomic mass is 10.1. The van der Waals surface area contributed by atoms with Gasteiger partial charge in [-0.25, -0.2) is 13.8 Å². The number of nitrogens with one attached hydrogen (secondary N) is 1. The standard InChI is InChI=1S/C20H16F5N3O4/c1-10(20(23,24)25)27-19(30)12-3-5-17(26-7-12)31-9-13-16(8-29)32-28-18(13)11-2-4-14(21)15(22)6-11/h2-7,10,29H,8-9H2,1H3,(H,27,30). The molecule has 2 heterocycles. The smallest absolute Gasteiger partial charge is 0.408 e. The van der Waals surface area contributed by atoms with Gasteiger partial charge in [0.1, 0.15) is 24.9 Å². The molecular weight excluding hydrogens is 441 g/mol. The van der Waals surface area contributed by atoms with E-state index >= 15 is 0 Å². The number of carbonyl (C=O) groups is 1. The highest BCUT2D eigenvalue weighted by molar-refractivity contribution is 5.94. The lowest BCUT2D eigenvalue weighted by Crippen LogP contribution is -2.43. The molecule has 0 aliphatic rings. The molecule has 32 heavy (non-hydrogen) atoms. The number of aliphatic hydroxyl groups excluding tert-OH is 1. The molecule has 0 spiro atoms. The van der Waals surface area contributed by atoms with Gasteiger partial charge in [-0.05, 0) is 31.2 Å². The first kappa shape index (κ1) is 23.1. The van der Waals surface area contributed by atoms with Crippen molar-refractivity contribution in [1.29, 1.82) is 0 Å². The van der Waals surface area contributed by atoms with Crippen molar-refractivity contribution in [2.24, 2.45) is 0 Å². The van der Waals surface area contributed by atoms with Crippen LogP contribution in [0.15, 0.2) is 41.1 Å². The van der Waals surface area contributed by atoms with Gasteiger partial charge in [0, 0.05) is 17.8 Å². The molecule has 0 radical (unpaired) electrons. The Kier molecular flexibility index (Phi) is 6.72. The van der Waals surface area contributed by atoms with Gasteiger partial charge in [0.15, 0.2) is 17.4 Å². The van der Waals surface area contributed by atoms with Gasteiger partial charge in [-0.15, -0.1) is 0 Å². The van der Waals surface area contributed by atoms with Crippen LogP contribution in [0.25, 0.3) is 11.3 Å². The fraction of sp³-hybridized carbons (Fsp3) is 0.250. The monoisotopic (exact) mass is 457 g/mol. The Morgan fingerprint density at radius 3 is 2.56 bits per heavy atom. The number of hydrogen-bond donors (Lipinski definition) is 2. The second kappa shape index (κ2) is 9.30. The molecule has 3 rings (SSSR count). The minimum Gasteiger partial charge on any atom is -0.473 e. The number of halogens is 5. The highest BCUT2D eigenvalue weighted by Crippen LogP contribution is 2.28. The van der Waals surface area contributed by atoms with Gasteiger partial charge < -0.3 is 19.7 Å². The second-order valence-electron chi connectivity index (χ2n) is 6.63. The summed E-state index contributed by atoms with van der Waals surface area (Å²) in [6.07, 6.45) is -3.55. The number of nitrogens with zero attached hydrogens (tertiary/aromatic N) is 2. The van der Waals surface area contributed by atoms with Crippen molar-refractivity contribution in [3.63, 3.8) is 0 Å². The van der Waals surface area contributed by atoms with E-state index in [0.29, 0.717) is 0 Å². The maximum absolute atomic E-state index is 13.6. The maximum Gasteiger partial charge on any atom is 0.408 e. The molecule has 170 valence electrons. The van der Waals surface area contributed by atoms with Crippen molar-refractivity contribution < 1.29 is 41.1 Å². The number of benzene rings is 1. The van der Waals surface area contributed by atoms with Crippen molar-refractivity contribution in [3.05, 3.63) is 65.1 Å². The number of pyridine rings is 1. The molecule has 0 saturated carbocycles. The molecule has 0 fully saturated rings. The van der Waals surface area contributed by atoms with Crippen LogP contribution in [-0.2, 0) is 13.2 Å². The molecule has 1 amide bonds. The van der Waals surface area contributed by atoms with E-state index < -0.39 is 36.4 Å². The number of aliphatic hydroxyl groups is 1. The first-order valence-corrected chi connectivity index (χ1v) is 9.10. The molecule has 1 aromatic carbocycles. The predicted octanol–water partition coefficient (Wildman–Crippen LogP) is 3.77. The molecule has 0 aliphatic heterocycles. The van der Waals surface area contributed by atoms with Crippen molar-refractivity contribution >= 4 is 5.91 Å². The number of amides is 1. The fourth-order valence-corrected chi connectivity index (χ4v) is 2.59. The molecule has 2 N–H and O–H groups in total. The molecule has 0 bridgehead atoms. The summed E-state index contributed by atoms with van der Waals surface area (Å²) in [5.74, 6) is -3.07. The van der Waals surface area contributed by atoms with Gasteiger partial charge in [-0.1, -0.05) is 5.16 Å². The van der Waals surface area contributed by atoms with Crippen molar-refractivity contribution in [2.75, 3.05) is 0 Å². The molecule has 7 nitrogen and oxygen atoms in total. The normalized spacial score (nSPS) is 12.5. The van der Waals surface area contributed by atoms with E-state index in [0.717, 1.165) is 25.3 Å². The van der Waals surface area contributed by atoms with Crippen LogP contribution >= 0.6 is 0 Å². The van der Waals surface area contributed by atoms with Crippen LogP contribution in [0.5, 0.6) is 5.88 Å². The van der Waals surface area contributed by atoms with E-state index in [2.05, 4.69) is 10.1 Å². The zero-order valence-corrected chi connectivity index (χ0v) is 16.4. The van der Waals surface area contributed by atoms with Crippen molar-refractivity contribution in [2.45, 2.75) is 32.4 Å². The summed E-state index contributed by atoms with van der Waals surface area (Å²) in [5.41, 5.74) is 0.438. The van der Waals surface area contributed by atoms with E-state index in [1.54, 1.807) is 0 Å². The average Bonchev–Trinajstić information content (AvgIpc) is 3.16. The van der Waals surface area contributed by atoms with E-state index in [4.69, 9.17) is 9.26 Å². The van der Waals surface area contributed by atoms with Crippen LogP contribution in [0.1, 0.15) is 28.6 Å². The van der Waals surface area contributed by atoms with Crippen LogP contribution in [0, 0.1) is 11.6 Å². The molecule has 12 heteroatoms. The summed E-state index contributed by atoms with van der Waals surface area (Å²) >= 11 is 0. The SMILES string of the molecule is CC(NC(=O)c1ccc(OCc2c(-c3ccc(F)c(F)c3)noc2CO)nc1)C(F)(F)F. The van der Waals surface area contributed by atoms with Gasteiger partial charge in [0.2, 0.25) is 5.88 Å². The molecule has 3 aromatic rings. The van der Waals surface area contributed by atoms with Gasteiger partial charge >= 0.3 is 6.18 Å². The van der Waals surface area contributed by atoms with E-state index in [-0.39, 0.29) is 40.6 Å². The largest absolute Gasteiger partial charge is 0.473 e. The zero-order valence-electron chi connectivity index (χ0n) is 16.4. The topological polar surface area (TPSA) is 97.5 Å². The first-order chi connectivity index (χ1) is 15.1.